The van der Waals surface area contributed by atoms with Crippen molar-refractivity contribution in [3.63, 3.8) is 0 Å². The number of methoxy groups -OCH3 is 1. The van der Waals surface area contributed by atoms with Crippen molar-refractivity contribution in [2.75, 3.05) is 13.7 Å². The van der Waals surface area contributed by atoms with Crippen LogP contribution in [0.15, 0.2) is 24.3 Å². The molecule has 1 aromatic carbocycles. The quantitative estimate of drug-likeness (QED) is 0.876. The van der Waals surface area contributed by atoms with Crippen molar-refractivity contribution in [1.82, 2.24) is 5.32 Å². The van der Waals surface area contributed by atoms with Gasteiger partial charge in [0.05, 0.1) is 7.11 Å². The van der Waals surface area contributed by atoms with Crippen LogP contribution < -0.4 is 14.8 Å². The van der Waals surface area contributed by atoms with Crippen molar-refractivity contribution in [2.45, 2.75) is 26.1 Å². The lowest BCUT2D eigenvalue weighted by Gasteiger charge is -2.17. The number of hydrogen-bond acceptors (Lipinski definition) is 3. The first-order valence-corrected chi connectivity index (χ1v) is 6.58. The average molecular weight is 317 g/mol. The van der Waals surface area contributed by atoms with Crippen LogP contribution in [0.5, 0.6) is 11.5 Å². The third-order valence-corrected chi connectivity index (χ3v) is 2.68. The Balaban J connectivity index is 2.74. The molecule has 0 radical (unpaired) electrons. The molecule has 1 aromatic rings. The van der Waals surface area contributed by atoms with E-state index in [1.165, 1.54) is 14.0 Å². The van der Waals surface area contributed by atoms with Crippen LogP contribution in [-0.2, 0) is 4.79 Å². The maximum atomic E-state index is 12.1. The minimum absolute atomic E-state index is 0.283. The lowest BCUT2D eigenvalue weighted by molar-refractivity contribution is -0.142. The Kier molecular flexibility index (Phi) is 6.27. The molecule has 0 aromatic heterocycles. The number of carbonyl (C=O) groups excluding carboxylic acids is 1. The number of benzene rings is 1. The van der Waals surface area contributed by atoms with E-state index in [9.17, 15) is 18.0 Å². The maximum Gasteiger partial charge on any atom is 0.405 e. The summed E-state index contributed by atoms with van der Waals surface area (Å²) in [6.45, 7) is 1.84. The van der Waals surface area contributed by atoms with E-state index in [0.717, 1.165) is 5.56 Å². The summed E-state index contributed by atoms with van der Waals surface area (Å²) in [5.41, 5.74) is 0.876. The summed E-state index contributed by atoms with van der Waals surface area (Å²) in [6, 6.07) is 5.05. The first-order valence-electron chi connectivity index (χ1n) is 6.58. The van der Waals surface area contributed by atoms with Gasteiger partial charge < -0.3 is 14.8 Å². The summed E-state index contributed by atoms with van der Waals surface area (Å²) in [4.78, 5) is 11.6. The molecule has 7 heteroatoms. The molecule has 0 fully saturated rings. The van der Waals surface area contributed by atoms with Crippen molar-refractivity contribution in [1.29, 1.82) is 0 Å². The minimum Gasteiger partial charge on any atom is -0.493 e. The molecule has 0 heterocycles. The lowest BCUT2D eigenvalue weighted by Crippen LogP contribution is -2.41. The van der Waals surface area contributed by atoms with Crippen LogP contribution in [0.1, 0.15) is 19.4 Å². The van der Waals surface area contributed by atoms with Crippen LogP contribution in [0, 0.1) is 0 Å². The van der Waals surface area contributed by atoms with Crippen LogP contribution in [0.2, 0.25) is 0 Å². The van der Waals surface area contributed by atoms with Gasteiger partial charge in [-0.25, -0.2) is 0 Å². The van der Waals surface area contributed by atoms with Gasteiger partial charge in [-0.2, -0.15) is 13.2 Å². The van der Waals surface area contributed by atoms with Crippen molar-refractivity contribution in [3.8, 4) is 11.5 Å². The molecule has 0 aliphatic rings. The highest BCUT2D eigenvalue weighted by molar-refractivity contribution is 5.80. The highest BCUT2D eigenvalue weighted by atomic mass is 19.4. The fourth-order valence-corrected chi connectivity index (χ4v) is 1.65. The van der Waals surface area contributed by atoms with Gasteiger partial charge in [-0.3, -0.25) is 4.79 Å². The summed E-state index contributed by atoms with van der Waals surface area (Å²) >= 11 is 0. The Morgan fingerprint density at radius 1 is 1.36 bits per heavy atom. The molecule has 22 heavy (non-hydrogen) atoms. The molecule has 4 nitrogen and oxygen atoms in total. The number of nitrogens with one attached hydrogen (secondary N) is 1. The summed E-state index contributed by atoms with van der Waals surface area (Å²) < 4.78 is 46.7. The molecule has 1 N–H and O–H groups in total. The molecule has 1 amide bonds. The van der Waals surface area contributed by atoms with E-state index in [1.807, 2.05) is 19.1 Å². The van der Waals surface area contributed by atoms with Gasteiger partial charge >= 0.3 is 6.18 Å². The fourth-order valence-electron chi connectivity index (χ4n) is 1.65. The zero-order valence-corrected chi connectivity index (χ0v) is 12.5. The number of amides is 1. The molecule has 0 saturated carbocycles. The van der Waals surface area contributed by atoms with Gasteiger partial charge in [0.15, 0.2) is 17.6 Å². The second-order valence-corrected chi connectivity index (χ2v) is 4.50. The predicted octanol–water partition coefficient (Wildman–Crippen LogP) is 3.17. The van der Waals surface area contributed by atoms with Crippen LogP contribution in [0.4, 0.5) is 13.2 Å². The highest BCUT2D eigenvalue weighted by Gasteiger charge is 2.29. The fraction of sp³-hybridized carbons (Fsp3) is 0.400. The Labute approximate surface area is 126 Å². The van der Waals surface area contributed by atoms with Gasteiger partial charge in [-0.15, -0.1) is 0 Å². The van der Waals surface area contributed by atoms with E-state index in [0.29, 0.717) is 5.75 Å². The Bertz CT molecular complexity index is 541. The molecular weight excluding hydrogens is 299 g/mol. The van der Waals surface area contributed by atoms with E-state index in [-0.39, 0.29) is 5.75 Å². The summed E-state index contributed by atoms with van der Waals surface area (Å²) in [7, 11) is 1.44. The van der Waals surface area contributed by atoms with Gasteiger partial charge in [-0.1, -0.05) is 18.2 Å². The second-order valence-electron chi connectivity index (χ2n) is 4.50. The third-order valence-electron chi connectivity index (χ3n) is 2.68. The number of ether oxygens (including phenoxy) is 2. The lowest BCUT2D eigenvalue weighted by atomic mass is 10.2. The second kappa shape index (κ2) is 7.72. The standard InChI is InChI=1S/C15H18F3NO3/c1-4-5-11-6-7-12(13(8-11)21-3)22-10(2)14(20)19-9-15(16,17)18/h4-8,10H,9H2,1-3H3,(H,19,20)/b5-4+. The zero-order valence-electron chi connectivity index (χ0n) is 12.5. The van der Waals surface area contributed by atoms with E-state index < -0.39 is 24.7 Å². The molecule has 0 spiro atoms. The average Bonchev–Trinajstić information content (AvgIpc) is 2.45. The zero-order chi connectivity index (χ0) is 16.8. The summed E-state index contributed by atoms with van der Waals surface area (Å²) in [5.74, 6) is -0.173. The number of hydrogen-bond donors (Lipinski definition) is 1. The van der Waals surface area contributed by atoms with Crippen molar-refractivity contribution in [2.24, 2.45) is 0 Å². The van der Waals surface area contributed by atoms with Crippen molar-refractivity contribution >= 4 is 12.0 Å². The molecule has 0 aliphatic heterocycles. The smallest absolute Gasteiger partial charge is 0.405 e. The SMILES string of the molecule is C/C=C/c1ccc(OC(C)C(=O)NCC(F)(F)F)c(OC)c1. The van der Waals surface area contributed by atoms with E-state index >= 15 is 0 Å². The predicted molar refractivity (Wildman–Crippen MR) is 76.9 cm³/mol. The summed E-state index contributed by atoms with van der Waals surface area (Å²) in [5, 5.41) is 1.77. The molecule has 122 valence electrons. The Hall–Kier alpha value is -2.18. The molecule has 1 unspecified atom stereocenters. The first kappa shape index (κ1) is 17.9. The normalized spacial score (nSPS) is 13.0. The van der Waals surface area contributed by atoms with Gasteiger partial charge in [0, 0.05) is 0 Å². The van der Waals surface area contributed by atoms with Crippen LogP contribution in [-0.4, -0.2) is 31.8 Å². The van der Waals surface area contributed by atoms with Gasteiger partial charge in [0.1, 0.15) is 6.54 Å². The van der Waals surface area contributed by atoms with Crippen molar-refractivity contribution < 1.29 is 27.4 Å². The number of allylic oxidation sites excluding steroid dienone is 1. The number of rotatable bonds is 6. The Morgan fingerprint density at radius 2 is 2.05 bits per heavy atom. The van der Waals surface area contributed by atoms with E-state index in [4.69, 9.17) is 9.47 Å². The third kappa shape index (κ3) is 5.67. The highest BCUT2D eigenvalue weighted by Crippen LogP contribution is 2.29. The minimum atomic E-state index is -4.46. The van der Waals surface area contributed by atoms with Crippen LogP contribution in [0.25, 0.3) is 6.08 Å². The maximum absolute atomic E-state index is 12.1. The van der Waals surface area contributed by atoms with Gasteiger partial charge in [-0.05, 0) is 31.5 Å². The molecule has 0 aliphatic carbocycles. The topological polar surface area (TPSA) is 47.6 Å². The molecular formula is C15H18F3NO3. The number of alkyl halides is 3. The van der Waals surface area contributed by atoms with Crippen molar-refractivity contribution in [3.05, 3.63) is 29.8 Å². The molecule has 0 saturated heterocycles. The van der Waals surface area contributed by atoms with E-state index in [2.05, 4.69) is 0 Å². The van der Waals surface area contributed by atoms with Gasteiger partial charge in [0.2, 0.25) is 0 Å². The van der Waals surface area contributed by atoms with Gasteiger partial charge in [0.25, 0.3) is 5.91 Å². The van der Waals surface area contributed by atoms with E-state index in [1.54, 1.807) is 23.5 Å². The first-order chi connectivity index (χ1) is 10.3. The van der Waals surface area contributed by atoms with Crippen LogP contribution >= 0.6 is 0 Å². The number of carbonyl (C=O) groups is 1. The molecule has 1 rings (SSSR count). The monoisotopic (exact) mass is 317 g/mol. The van der Waals surface area contributed by atoms with Crippen LogP contribution in [0.3, 0.4) is 0 Å². The summed E-state index contributed by atoms with van der Waals surface area (Å²) in [6.07, 6.45) is -1.83. The molecule has 0 bridgehead atoms. The Morgan fingerprint density at radius 3 is 2.59 bits per heavy atom. The molecule has 1 atom stereocenters. The largest absolute Gasteiger partial charge is 0.493 e. The number of halogens is 3.